The summed E-state index contributed by atoms with van der Waals surface area (Å²) in [6.45, 7) is 0. The lowest BCUT2D eigenvalue weighted by atomic mass is 10.1. The Hall–Kier alpha value is -2.76. The van der Waals surface area contributed by atoms with E-state index in [0.717, 1.165) is 17.7 Å². The fraction of sp³-hybridized carbons (Fsp3) is 0.0625. The number of carbonyl (C=O) groups is 1. The molecule has 6 heteroatoms. The van der Waals surface area contributed by atoms with Crippen molar-refractivity contribution in [2.24, 2.45) is 0 Å². The first-order valence-corrected chi connectivity index (χ1v) is 6.30. The topological polar surface area (TPSA) is 49.3 Å². The molecule has 0 saturated carbocycles. The van der Waals surface area contributed by atoms with E-state index >= 15 is 0 Å². The van der Waals surface area contributed by atoms with Crippen molar-refractivity contribution in [1.29, 1.82) is 0 Å². The highest BCUT2D eigenvalue weighted by Gasteiger charge is 2.29. The van der Waals surface area contributed by atoms with Crippen LogP contribution < -0.4 is 5.32 Å². The molecule has 0 aromatic heterocycles. The third-order valence-electron chi connectivity index (χ3n) is 2.87. The van der Waals surface area contributed by atoms with E-state index in [4.69, 9.17) is 5.11 Å². The van der Waals surface area contributed by atoms with E-state index in [0.29, 0.717) is 11.3 Å². The summed E-state index contributed by atoms with van der Waals surface area (Å²) in [7, 11) is 0. The fourth-order valence-electron chi connectivity index (χ4n) is 1.78. The van der Waals surface area contributed by atoms with Crippen molar-refractivity contribution >= 4 is 23.9 Å². The van der Waals surface area contributed by atoms with Crippen LogP contribution in [0.25, 0.3) is 12.2 Å². The summed E-state index contributed by atoms with van der Waals surface area (Å²) in [6, 6.07) is 11.4. The van der Waals surface area contributed by atoms with E-state index in [1.54, 1.807) is 36.4 Å². The number of carboxylic acid groups (broad SMARTS) is 1. The smallest absolute Gasteiger partial charge is 0.416 e. The Bertz CT molecular complexity index is 674. The van der Waals surface area contributed by atoms with Crippen LogP contribution in [0.4, 0.5) is 23.7 Å². The molecule has 0 fully saturated rings. The number of hydrogen-bond donors (Lipinski definition) is 2. The molecule has 22 heavy (non-hydrogen) atoms. The number of nitrogens with one attached hydrogen (secondary N) is 1. The molecule has 0 atom stereocenters. The summed E-state index contributed by atoms with van der Waals surface area (Å²) < 4.78 is 37.3. The highest BCUT2D eigenvalue weighted by atomic mass is 19.4. The van der Waals surface area contributed by atoms with Gasteiger partial charge in [0.25, 0.3) is 0 Å². The van der Waals surface area contributed by atoms with Crippen LogP contribution in [0.15, 0.2) is 48.5 Å². The molecule has 0 unspecified atom stereocenters. The monoisotopic (exact) mass is 307 g/mol. The first-order valence-electron chi connectivity index (χ1n) is 6.30. The summed E-state index contributed by atoms with van der Waals surface area (Å²) in [4.78, 5) is 10.5. The van der Waals surface area contributed by atoms with Gasteiger partial charge in [-0.2, -0.15) is 13.2 Å². The average molecular weight is 307 g/mol. The number of alkyl halides is 3. The fourth-order valence-corrected chi connectivity index (χ4v) is 1.78. The highest BCUT2D eigenvalue weighted by molar-refractivity contribution is 5.83. The normalized spacial score (nSPS) is 11.6. The molecule has 114 valence electrons. The molecule has 2 aromatic rings. The zero-order valence-corrected chi connectivity index (χ0v) is 11.3. The molecule has 0 heterocycles. The predicted molar refractivity (Wildman–Crippen MR) is 78.5 cm³/mol. The number of hydrogen-bond acceptors (Lipinski definition) is 1. The maximum Gasteiger partial charge on any atom is 0.416 e. The Balaban J connectivity index is 2.06. The Morgan fingerprint density at radius 2 is 1.36 bits per heavy atom. The van der Waals surface area contributed by atoms with E-state index in [1.165, 1.54) is 12.1 Å². The zero-order valence-electron chi connectivity index (χ0n) is 11.3. The number of halogens is 3. The first-order chi connectivity index (χ1) is 10.3. The standard InChI is InChI=1S/C16H12F3NO2/c17-16(18,19)13-7-3-11(4-8-13)1-2-12-5-9-14(10-6-12)20-15(21)22/h1-10,20H,(H,21,22)/b2-1+. The van der Waals surface area contributed by atoms with Gasteiger partial charge in [-0.05, 0) is 35.4 Å². The van der Waals surface area contributed by atoms with Gasteiger partial charge in [0.2, 0.25) is 0 Å². The van der Waals surface area contributed by atoms with Crippen molar-refractivity contribution in [3.8, 4) is 0 Å². The molecule has 0 aliphatic heterocycles. The lowest BCUT2D eigenvalue weighted by molar-refractivity contribution is -0.137. The van der Waals surface area contributed by atoms with Crippen molar-refractivity contribution in [3.63, 3.8) is 0 Å². The van der Waals surface area contributed by atoms with Crippen LogP contribution >= 0.6 is 0 Å². The lowest BCUT2D eigenvalue weighted by Crippen LogP contribution is -2.06. The number of anilines is 1. The minimum atomic E-state index is -4.34. The van der Waals surface area contributed by atoms with Crippen molar-refractivity contribution in [3.05, 3.63) is 65.2 Å². The third kappa shape index (κ3) is 4.37. The van der Waals surface area contributed by atoms with Crippen molar-refractivity contribution in [1.82, 2.24) is 0 Å². The van der Waals surface area contributed by atoms with Gasteiger partial charge >= 0.3 is 12.3 Å². The minimum Gasteiger partial charge on any atom is -0.465 e. The number of benzene rings is 2. The third-order valence-corrected chi connectivity index (χ3v) is 2.87. The molecule has 2 N–H and O–H groups in total. The number of amides is 1. The van der Waals surface area contributed by atoms with Gasteiger partial charge in [0.05, 0.1) is 5.56 Å². The molecule has 0 aliphatic carbocycles. The van der Waals surface area contributed by atoms with Crippen LogP contribution in [-0.4, -0.2) is 11.2 Å². The van der Waals surface area contributed by atoms with Gasteiger partial charge in [-0.15, -0.1) is 0 Å². The predicted octanol–water partition coefficient (Wildman–Crippen LogP) is 4.97. The van der Waals surface area contributed by atoms with E-state index in [2.05, 4.69) is 5.32 Å². The van der Waals surface area contributed by atoms with Crippen LogP contribution in [0.5, 0.6) is 0 Å². The molecule has 3 nitrogen and oxygen atoms in total. The molecule has 0 radical (unpaired) electrons. The highest BCUT2D eigenvalue weighted by Crippen LogP contribution is 2.29. The van der Waals surface area contributed by atoms with Crippen LogP contribution in [-0.2, 0) is 6.18 Å². The molecule has 2 aromatic carbocycles. The van der Waals surface area contributed by atoms with Crippen LogP contribution in [0.3, 0.4) is 0 Å². The Labute approximate surface area is 124 Å². The van der Waals surface area contributed by atoms with Crippen molar-refractivity contribution < 1.29 is 23.1 Å². The maximum atomic E-state index is 12.4. The van der Waals surface area contributed by atoms with Gasteiger partial charge in [-0.25, -0.2) is 4.79 Å². The van der Waals surface area contributed by atoms with E-state index in [9.17, 15) is 18.0 Å². The average Bonchev–Trinajstić information content (AvgIpc) is 2.45. The summed E-state index contributed by atoms with van der Waals surface area (Å²) in [6.07, 6.45) is -2.07. The minimum absolute atomic E-state index is 0.444. The van der Waals surface area contributed by atoms with Crippen molar-refractivity contribution in [2.75, 3.05) is 5.32 Å². The van der Waals surface area contributed by atoms with Gasteiger partial charge in [0.1, 0.15) is 0 Å². The van der Waals surface area contributed by atoms with Crippen molar-refractivity contribution in [2.45, 2.75) is 6.18 Å². The molecular weight excluding hydrogens is 295 g/mol. The van der Waals surface area contributed by atoms with Gasteiger partial charge in [-0.1, -0.05) is 36.4 Å². The van der Waals surface area contributed by atoms with E-state index < -0.39 is 17.8 Å². The summed E-state index contributed by atoms with van der Waals surface area (Å²) >= 11 is 0. The Kier molecular flexibility index (Phi) is 4.50. The number of rotatable bonds is 3. The van der Waals surface area contributed by atoms with Gasteiger partial charge < -0.3 is 5.11 Å². The Morgan fingerprint density at radius 1 is 0.909 bits per heavy atom. The van der Waals surface area contributed by atoms with E-state index in [-0.39, 0.29) is 0 Å². The molecule has 1 amide bonds. The SMILES string of the molecule is O=C(O)Nc1ccc(/C=C/c2ccc(C(F)(F)F)cc2)cc1. The first kappa shape index (κ1) is 15.6. The van der Waals surface area contributed by atoms with Crippen LogP contribution in [0.2, 0.25) is 0 Å². The maximum absolute atomic E-state index is 12.4. The van der Waals surface area contributed by atoms with Gasteiger partial charge in [0.15, 0.2) is 0 Å². The summed E-state index contributed by atoms with van der Waals surface area (Å²) in [5.74, 6) is 0. The van der Waals surface area contributed by atoms with Gasteiger partial charge in [-0.3, -0.25) is 5.32 Å². The molecule has 0 bridgehead atoms. The molecule has 0 saturated heterocycles. The molecule has 0 aliphatic rings. The second kappa shape index (κ2) is 6.34. The largest absolute Gasteiger partial charge is 0.465 e. The van der Waals surface area contributed by atoms with Crippen LogP contribution in [0.1, 0.15) is 16.7 Å². The lowest BCUT2D eigenvalue weighted by Gasteiger charge is -2.06. The second-order valence-electron chi connectivity index (χ2n) is 4.51. The summed E-state index contributed by atoms with van der Waals surface area (Å²) in [5, 5.41) is 10.8. The van der Waals surface area contributed by atoms with E-state index in [1.807, 2.05) is 0 Å². The molecule has 0 spiro atoms. The summed E-state index contributed by atoms with van der Waals surface area (Å²) in [5.41, 5.74) is 1.20. The van der Waals surface area contributed by atoms with Gasteiger partial charge in [0, 0.05) is 5.69 Å². The van der Waals surface area contributed by atoms with Crippen LogP contribution in [0, 0.1) is 0 Å². The molecular formula is C16H12F3NO2. The zero-order chi connectivity index (χ0) is 16.2. The Morgan fingerprint density at radius 3 is 1.77 bits per heavy atom. The quantitative estimate of drug-likeness (QED) is 0.787. The second-order valence-corrected chi connectivity index (χ2v) is 4.51. The molecule has 2 rings (SSSR count).